The van der Waals surface area contributed by atoms with Gasteiger partial charge in [0.2, 0.25) is 5.91 Å². The molecule has 9 heteroatoms. The Labute approximate surface area is 186 Å². The van der Waals surface area contributed by atoms with E-state index in [0.29, 0.717) is 11.4 Å². The Kier molecular flexibility index (Phi) is 6.64. The number of cyclic esters (lactones) is 1. The molecule has 0 aliphatic carbocycles. The Hall–Kier alpha value is -3.07. The summed E-state index contributed by atoms with van der Waals surface area (Å²) in [7, 11) is 0. The molecule has 1 aromatic heterocycles. The largest absolute Gasteiger partial charge is 0.468 e. The summed E-state index contributed by atoms with van der Waals surface area (Å²) in [6.45, 7) is 4.66. The van der Waals surface area contributed by atoms with Crippen molar-refractivity contribution in [2.24, 2.45) is 0 Å². The van der Waals surface area contributed by atoms with E-state index < -0.39 is 12.2 Å². The van der Waals surface area contributed by atoms with Crippen LogP contribution in [0.3, 0.4) is 0 Å². The molecule has 2 aliphatic heterocycles. The fraction of sp³-hybridized carbons (Fsp3) is 0.478. The molecule has 0 saturated carbocycles. The highest BCUT2D eigenvalue weighted by Gasteiger charge is 2.33. The number of nitrogens with one attached hydrogen (secondary N) is 2. The maximum Gasteiger partial charge on any atom is 0.414 e. The van der Waals surface area contributed by atoms with Crippen molar-refractivity contribution in [3.63, 3.8) is 0 Å². The smallest absolute Gasteiger partial charge is 0.414 e. The van der Waals surface area contributed by atoms with Crippen LogP contribution < -0.4 is 20.4 Å². The van der Waals surface area contributed by atoms with Crippen molar-refractivity contribution in [1.29, 1.82) is 0 Å². The van der Waals surface area contributed by atoms with Crippen LogP contribution in [0.2, 0.25) is 0 Å². The Balaban J connectivity index is 1.47. The first-order valence-corrected chi connectivity index (χ1v) is 11.0. The molecule has 0 radical (unpaired) electrons. The molecule has 2 N–H and O–H groups in total. The highest BCUT2D eigenvalue weighted by Crippen LogP contribution is 2.31. The Morgan fingerprint density at radius 2 is 2.16 bits per heavy atom. The van der Waals surface area contributed by atoms with Crippen molar-refractivity contribution < 1.29 is 23.1 Å². The van der Waals surface area contributed by atoms with Crippen LogP contribution in [-0.2, 0) is 9.53 Å². The number of carbonyl (C=O) groups is 2. The Morgan fingerprint density at radius 3 is 2.88 bits per heavy atom. The van der Waals surface area contributed by atoms with Crippen LogP contribution in [-0.4, -0.2) is 43.9 Å². The molecule has 32 heavy (non-hydrogen) atoms. The van der Waals surface area contributed by atoms with Crippen LogP contribution >= 0.6 is 0 Å². The Bertz CT molecular complexity index is 951. The van der Waals surface area contributed by atoms with E-state index in [9.17, 15) is 9.59 Å². The molecule has 0 spiro atoms. The van der Waals surface area contributed by atoms with Crippen LogP contribution in [0.5, 0.6) is 0 Å². The molecule has 3 atom stereocenters. The van der Waals surface area contributed by atoms with Gasteiger partial charge in [-0.05, 0) is 56.5 Å². The van der Waals surface area contributed by atoms with E-state index in [-0.39, 0.29) is 37.0 Å². The van der Waals surface area contributed by atoms with E-state index in [0.717, 1.165) is 31.6 Å². The summed E-state index contributed by atoms with van der Waals surface area (Å²) in [4.78, 5) is 26.8. The Morgan fingerprint density at radius 1 is 1.31 bits per heavy atom. The SMILES string of the molecule is CC(=O)NC[C@H]1CN(c2ccc(N3CCCC[C@H]3N[C@@H](C)c3ccco3)c(F)c2)C(=O)O1. The minimum Gasteiger partial charge on any atom is -0.468 e. The summed E-state index contributed by atoms with van der Waals surface area (Å²) in [6, 6.07) is 8.61. The van der Waals surface area contributed by atoms with Gasteiger partial charge < -0.3 is 19.4 Å². The molecule has 2 fully saturated rings. The summed E-state index contributed by atoms with van der Waals surface area (Å²) in [5.41, 5.74) is 0.937. The fourth-order valence-electron chi connectivity index (χ4n) is 4.29. The maximum absolute atomic E-state index is 15.2. The van der Waals surface area contributed by atoms with Gasteiger partial charge in [0.05, 0.1) is 42.9 Å². The van der Waals surface area contributed by atoms with Crippen molar-refractivity contribution in [2.75, 3.05) is 29.4 Å². The van der Waals surface area contributed by atoms with Crippen molar-refractivity contribution in [3.05, 3.63) is 48.2 Å². The number of benzene rings is 1. The number of halogens is 1. The lowest BCUT2D eigenvalue weighted by Gasteiger charge is -2.39. The van der Waals surface area contributed by atoms with Gasteiger partial charge in [0.15, 0.2) is 0 Å². The molecule has 8 nitrogen and oxygen atoms in total. The first-order chi connectivity index (χ1) is 15.4. The predicted octanol–water partition coefficient (Wildman–Crippen LogP) is 3.55. The third-order valence-corrected chi connectivity index (χ3v) is 5.92. The van der Waals surface area contributed by atoms with Crippen molar-refractivity contribution >= 4 is 23.4 Å². The highest BCUT2D eigenvalue weighted by molar-refractivity contribution is 5.90. The normalized spacial score (nSPS) is 22.0. The van der Waals surface area contributed by atoms with Crippen LogP contribution in [0.15, 0.2) is 41.0 Å². The standard InChI is InChI=1S/C23H29FN4O4/c1-15(21-6-5-11-31-21)26-22-7-3-4-10-27(22)20-9-8-17(12-19(20)24)28-14-18(32-23(28)30)13-25-16(2)29/h5-6,8-9,11-12,15,18,22,26H,3-4,7,10,13-14H2,1-2H3,(H,25,29)/t15-,18-,22-/m0/s1. The zero-order valence-electron chi connectivity index (χ0n) is 18.3. The van der Waals surface area contributed by atoms with Crippen LogP contribution in [0.1, 0.15) is 44.9 Å². The lowest BCUT2D eigenvalue weighted by Crippen LogP contribution is -2.49. The number of hydrogen-bond acceptors (Lipinski definition) is 6. The highest BCUT2D eigenvalue weighted by atomic mass is 19.1. The summed E-state index contributed by atoms with van der Waals surface area (Å²) >= 11 is 0. The van der Waals surface area contributed by atoms with Crippen molar-refractivity contribution in [2.45, 2.75) is 51.4 Å². The predicted molar refractivity (Wildman–Crippen MR) is 118 cm³/mol. The van der Waals surface area contributed by atoms with Gasteiger partial charge in [0.25, 0.3) is 0 Å². The molecule has 2 aliphatic rings. The number of ether oxygens (including phenoxy) is 1. The summed E-state index contributed by atoms with van der Waals surface area (Å²) < 4.78 is 26.0. The maximum atomic E-state index is 15.2. The van der Waals surface area contributed by atoms with E-state index in [1.165, 1.54) is 17.9 Å². The molecule has 0 unspecified atom stereocenters. The second-order valence-corrected chi connectivity index (χ2v) is 8.30. The van der Waals surface area contributed by atoms with Gasteiger partial charge in [-0.1, -0.05) is 0 Å². The lowest BCUT2D eigenvalue weighted by molar-refractivity contribution is -0.119. The van der Waals surface area contributed by atoms with Crippen LogP contribution in [0.25, 0.3) is 0 Å². The number of piperidine rings is 1. The number of furan rings is 1. The van der Waals surface area contributed by atoms with E-state index in [4.69, 9.17) is 9.15 Å². The van der Waals surface area contributed by atoms with Gasteiger partial charge >= 0.3 is 6.09 Å². The van der Waals surface area contributed by atoms with E-state index in [1.807, 2.05) is 24.0 Å². The summed E-state index contributed by atoms with van der Waals surface area (Å²) in [6.07, 6.45) is 3.56. The number of nitrogens with zero attached hydrogens (tertiary/aromatic N) is 2. The number of amides is 2. The molecule has 2 amide bonds. The third-order valence-electron chi connectivity index (χ3n) is 5.92. The van der Waals surface area contributed by atoms with E-state index in [2.05, 4.69) is 10.6 Å². The minimum atomic E-state index is -0.544. The van der Waals surface area contributed by atoms with Gasteiger partial charge in [-0.3, -0.25) is 15.0 Å². The van der Waals surface area contributed by atoms with E-state index >= 15 is 4.39 Å². The fourth-order valence-corrected chi connectivity index (χ4v) is 4.29. The number of carbonyl (C=O) groups excluding carboxylic acids is 2. The van der Waals surface area contributed by atoms with Crippen LogP contribution in [0.4, 0.5) is 20.6 Å². The summed E-state index contributed by atoms with van der Waals surface area (Å²) in [5, 5.41) is 6.19. The molecule has 2 aromatic rings. The summed E-state index contributed by atoms with van der Waals surface area (Å²) in [5.74, 6) is 0.258. The number of anilines is 2. The average Bonchev–Trinajstić information content (AvgIpc) is 3.43. The van der Waals surface area contributed by atoms with E-state index in [1.54, 1.807) is 18.4 Å². The third kappa shape index (κ3) is 4.88. The van der Waals surface area contributed by atoms with Gasteiger partial charge in [0.1, 0.15) is 17.7 Å². The zero-order chi connectivity index (χ0) is 22.7. The molecular formula is C23H29FN4O4. The minimum absolute atomic E-state index is 0.00199. The van der Waals surface area contributed by atoms with Crippen molar-refractivity contribution in [3.8, 4) is 0 Å². The quantitative estimate of drug-likeness (QED) is 0.679. The van der Waals surface area contributed by atoms with Gasteiger partial charge in [-0.2, -0.15) is 0 Å². The monoisotopic (exact) mass is 444 g/mol. The second-order valence-electron chi connectivity index (χ2n) is 8.30. The lowest BCUT2D eigenvalue weighted by atomic mass is 10.0. The molecule has 4 rings (SSSR count). The number of rotatable bonds is 7. The van der Waals surface area contributed by atoms with Gasteiger partial charge in [-0.25, -0.2) is 9.18 Å². The molecule has 2 saturated heterocycles. The topological polar surface area (TPSA) is 87.1 Å². The van der Waals surface area contributed by atoms with Gasteiger partial charge in [-0.15, -0.1) is 0 Å². The first kappa shape index (κ1) is 22.1. The van der Waals surface area contributed by atoms with Crippen molar-refractivity contribution in [1.82, 2.24) is 10.6 Å². The molecule has 0 bridgehead atoms. The average molecular weight is 445 g/mol. The van der Waals surface area contributed by atoms with Crippen LogP contribution in [0, 0.1) is 5.82 Å². The molecular weight excluding hydrogens is 415 g/mol. The zero-order valence-corrected chi connectivity index (χ0v) is 18.3. The van der Waals surface area contributed by atoms with Gasteiger partial charge in [0, 0.05) is 13.5 Å². The number of hydrogen-bond donors (Lipinski definition) is 2. The molecule has 172 valence electrons. The first-order valence-electron chi connectivity index (χ1n) is 11.0. The molecule has 3 heterocycles. The molecule has 1 aromatic carbocycles. The second kappa shape index (κ2) is 9.60.